The topological polar surface area (TPSA) is 58.2 Å². The third-order valence-electron chi connectivity index (χ3n) is 4.35. The van der Waals surface area contributed by atoms with Crippen LogP contribution < -0.4 is 10.6 Å². The van der Waals surface area contributed by atoms with Crippen molar-refractivity contribution in [1.82, 2.24) is 5.32 Å². The first kappa shape index (κ1) is 19.6. The van der Waals surface area contributed by atoms with Crippen LogP contribution >= 0.6 is 11.6 Å². The van der Waals surface area contributed by atoms with E-state index >= 15 is 0 Å². The fourth-order valence-electron chi connectivity index (χ4n) is 2.85. The average Bonchev–Trinajstić information content (AvgIpc) is 2.70. The SMILES string of the molecule is Cc1ccc(NC(=O)CC(NC(=O)c2ccccc2Cl)c2ccccc2)cc1. The Labute approximate surface area is 169 Å². The van der Waals surface area contributed by atoms with Crippen molar-refractivity contribution in [1.29, 1.82) is 0 Å². The minimum Gasteiger partial charge on any atom is -0.345 e. The summed E-state index contributed by atoms with van der Waals surface area (Å²) in [5.41, 5.74) is 3.07. The van der Waals surface area contributed by atoms with Crippen molar-refractivity contribution in [3.63, 3.8) is 0 Å². The van der Waals surface area contributed by atoms with Crippen LogP contribution in [-0.4, -0.2) is 11.8 Å². The van der Waals surface area contributed by atoms with E-state index in [9.17, 15) is 9.59 Å². The molecule has 0 heterocycles. The minimum atomic E-state index is -0.476. The predicted octanol–water partition coefficient (Wildman–Crippen LogP) is 5.15. The van der Waals surface area contributed by atoms with Gasteiger partial charge in [0, 0.05) is 5.69 Å². The fraction of sp³-hybridized carbons (Fsp3) is 0.130. The Morgan fingerprint density at radius 2 is 1.54 bits per heavy atom. The summed E-state index contributed by atoms with van der Waals surface area (Å²) in [5.74, 6) is -0.500. The third-order valence-corrected chi connectivity index (χ3v) is 4.68. The van der Waals surface area contributed by atoms with E-state index in [4.69, 9.17) is 11.6 Å². The van der Waals surface area contributed by atoms with E-state index < -0.39 is 6.04 Å². The number of hydrogen-bond acceptors (Lipinski definition) is 2. The van der Waals surface area contributed by atoms with Crippen LogP contribution in [0.3, 0.4) is 0 Å². The zero-order valence-electron chi connectivity index (χ0n) is 15.5. The second-order valence-corrected chi connectivity index (χ2v) is 6.94. The largest absolute Gasteiger partial charge is 0.345 e. The number of carbonyl (C=O) groups excluding carboxylic acids is 2. The molecule has 28 heavy (non-hydrogen) atoms. The molecule has 0 aromatic heterocycles. The van der Waals surface area contributed by atoms with Gasteiger partial charge in [0.05, 0.1) is 23.0 Å². The first-order valence-electron chi connectivity index (χ1n) is 9.00. The summed E-state index contributed by atoms with van der Waals surface area (Å²) in [5, 5.41) is 6.18. The maximum atomic E-state index is 12.7. The Morgan fingerprint density at radius 1 is 0.893 bits per heavy atom. The molecule has 5 heteroatoms. The number of carbonyl (C=O) groups is 2. The van der Waals surface area contributed by atoms with Crippen LogP contribution in [0.1, 0.15) is 33.9 Å². The molecule has 142 valence electrons. The van der Waals surface area contributed by atoms with Crippen LogP contribution in [0, 0.1) is 6.92 Å². The lowest BCUT2D eigenvalue weighted by Gasteiger charge is -2.19. The highest BCUT2D eigenvalue weighted by molar-refractivity contribution is 6.33. The first-order chi connectivity index (χ1) is 13.5. The zero-order valence-corrected chi connectivity index (χ0v) is 16.2. The monoisotopic (exact) mass is 392 g/mol. The number of rotatable bonds is 6. The highest BCUT2D eigenvalue weighted by Gasteiger charge is 2.20. The number of anilines is 1. The maximum absolute atomic E-state index is 12.7. The lowest BCUT2D eigenvalue weighted by atomic mass is 10.0. The van der Waals surface area contributed by atoms with Gasteiger partial charge >= 0.3 is 0 Å². The Bertz CT molecular complexity index is 956. The average molecular weight is 393 g/mol. The van der Waals surface area contributed by atoms with E-state index in [2.05, 4.69) is 10.6 Å². The van der Waals surface area contributed by atoms with Crippen molar-refractivity contribution in [2.75, 3.05) is 5.32 Å². The van der Waals surface area contributed by atoms with Crippen molar-refractivity contribution in [3.05, 3.63) is 101 Å². The predicted molar refractivity (Wildman–Crippen MR) is 113 cm³/mol. The van der Waals surface area contributed by atoms with Gasteiger partial charge in [-0.2, -0.15) is 0 Å². The van der Waals surface area contributed by atoms with Gasteiger partial charge in [-0.1, -0.05) is 71.8 Å². The quantitative estimate of drug-likeness (QED) is 0.609. The molecule has 0 spiro atoms. The second-order valence-electron chi connectivity index (χ2n) is 6.53. The molecule has 4 nitrogen and oxygen atoms in total. The van der Waals surface area contributed by atoms with Gasteiger partial charge in [-0.25, -0.2) is 0 Å². The van der Waals surface area contributed by atoms with E-state index in [1.165, 1.54) is 0 Å². The van der Waals surface area contributed by atoms with Crippen molar-refractivity contribution in [2.45, 2.75) is 19.4 Å². The third kappa shape index (κ3) is 5.21. The van der Waals surface area contributed by atoms with Crippen LogP contribution in [-0.2, 0) is 4.79 Å². The van der Waals surface area contributed by atoms with Crippen LogP contribution in [0.25, 0.3) is 0 Å². The molecule has 0 aliphatic heterocycles. The molecular formula is C23H21ClN2O2. The van der Waals surface area contributed by atoms with E-state index in [1.807, 2.05) is 61.5 Å². The molecule has 3 aromatic rings. The molecular weight excluding hydrogens is 372 g/mol. The van der Waals surface area contributed by atoms with E-state index in [0.717, 1.165) is 16.8 Å². The second kappa shape index (κ2) is 9.20. The number of aryl methyl sites for hydroxylation is 1. The van der Waals surface area contributed by atoms with Crippen molar-refractivity contribution in [3.8, 4) is 0 Å². The van der Waals surface area contributed by atoms with Gasteiger partial charge in [-0.15, -0.1) is 0 Å². The molecule has 0 fully saturated rings. The molecule has 0 bridgehead atoms. The van der Waals surface area contributed by atoms with Gasteiger partial charge in [0.15, 0.2) is 0 Å². The number of amides is 2. The Balaban J connectivity index is 1.76. The van der Waals surface area contributed by atoms with E-state index in [1.54, 1.807) is 24.3 Å². The van der Waals surface area contributed by atoms with E-state index in [-0.39, 0.29) is 18.2 Å². The summed E-state index contributed by atoms with van der Waals surface area (Å²) in [6, 6.07) is 23.4. The van der Waals surface area contributed by atoms with Crippen molar-refractivity contribution >= 4 is 29.1 Å². The summed E-state index contributed by atoms with van der Waals surface area (Å²) in [6.07, 6.45) is 0.105. The summed E-state index contributed by atoms with van der Waals surface area (Å²) >= 11 is 6.13. The molecule has 2 amide bonds. The van der Waals surface area contributed by atoms with Gasteiger partial charge < -0.3 is 10.6 Å². The minimum absolute atomic E-state index is 0.105. The van der Waals surface area contributed by atoms with Crippen molar-refractivity contribution in [2.24, 2.45) is 0 Å². The molecule has 1 unspecified atom stereocenters. The molecule has 0 saturated heterocycles. The number of nitrogens with one attached hydrogen (secondary N) is 2. The van der Waals surface area contributed by atoms with E-state index in [0.29, 0.717) is 10.6 Å². The standard InChI is InChI=1S/C23H21ClN2O2/c1-16-11-13-18(14-12-16)25-22(27)15-21(17-7-3-2-4-8-17)26-23(28)19-9-5-6-10-20(19)24/h2-14,21H,15H2,1H3,(H,25,27)(H,26,28). The molecule has 0 radical (unpaired) electrons. The van der Waals surface area contributed by atoms with Gasteiger partial charge in [0.2, 0.25) is 5.91 Å². The van der Waals surface area contributed by atoms with Gasteiger partial charge in [-0.05, 0) is 36.8 Å². The fourth-order valence-corrected chi connectivity index (χ4v) is 3.07. The molecule has 3 rings (SSSR count). The van der Waals surface area contributed by atoms with Gasteiger partial charge in [-0.3, -0.25) is 9.59 Å². The summed E-state index contributed by atoms with van der Waals surface area (Å²) in [6.45, 7) is 1.99. The lowest BCUT2D eigenvalue weighted by Crippen LogP contribution is -2.31. The summed E-state index contributed by atoms with van der Waals surface area (Å²) in [4.78, 5) is 25.3. The Kier molecular flexibility index (Phi) is 6.45. The maximum Gasteiger partial charge on any atom is 0.253 e. The molecule has 2 N–H and O–H groups in total. The van der Waals surface area contributed by atoms with Crippen LogP contribution in [0.5, 0.6) is 0 Å². The zero-order chi connectivity index (χ0) is 19.9. The summed E-state index contributed by atoms with van der Waals surface area (Å²) in [7, 11) is 0. The number of benzene rings is 3. The van der Waals surface area contributed by atoms with Crippen LogP contribution in [0.2, 0.25) is 5.02 Å². The normalized spacial score (nSPS) is 11.5. The van der Waals surface area contributed by atoms with Crippen LogP contribution in [0.4, 0.5) is 5.69 Å². The van der Waals surface area contributed by atoms with Crippen LogP contribution in [0.15, 0.2) is 78.9 Å². The lowest BCUT2D eigenvalue weighted by molar-refractivity contribution is -0.116. The molecule has 1 atom stereocenters. The molecule has 0 aliphatic rings. The van der Waals surface area contributed by atoms with Gasteiger partial charge in [0.1, 0.15) is 0 Å². The Hall–Kier alpha value is -3.11. The Morgan fingerprint density at radius 3 is 2.21 bits per heavy atom. The number of halogens is 1. The molecule has 0 saturated carbocycles. The summed E-state index contributed by atoms with van der Waals surface area (Å²) < 4.78 is 0. The number of hydrogen-bond donors (Lipinski definition) is 2. The van der Waals surface area contributed by atoms with Gasteiger partial charge in [0.25, 0.3) is 5.91 Å². The first-order valence-corrected chi connectivity index (χ1v) is 9.37. The highest BCUT2D eigenvalue weighted by atomic mass is 35.5. The smallest absolute Gasteiger partial charge is 0.253 e. The molecule has 0 aliphatic carbocycles. The van der Waals surface area contributed by atoms with Crippen molar-refractivity contribution < 1.29 is 9.59 Å². The highest BCUT2D eigenvalue weighted by Crippen LogP contribution is 2.21. The molecule has 3 aromatic carbocycles.